The summed E-state index contributed by atoms with van der Waals surface area (Å²) >= 11 is 6.07. The summed E-state index contributed by atoms with van der Waals surface area (Å²) in [5.41, 5.74) is 1.29. The molecule has 2 rings (SSSR count). The summed E-state index contributed by atoms with van der Waals surface area (Å²) in [4.78, 5) is 15.9. The van der Waals surface area contributed by atoms with Gasteiger partial charge < -0.3 is 16.0 Å². The van der Waals surface area contributed by atoms with Crippen LogP contribution in [0.2, 0.25) is 5.02 Å². The van der Waals surface area contributed by atoms with Gasteiger partial charge in [0.1, 0.15) is 0 Å². The Labute approximate surface area is 185 Å². The first-order valence-corrected chi connectivity index (χ1v) is 9.74. The molecule has 0 bridgehead atoms. The first kappa shape index (κ1) is 24.0. The highest BCUT2D eigenvalue weighted by molar-refractivity contribution is 14.0. The fraction of sp³-hybridized carbons (Fsp3) is 0.600. The molecule has 1 aliphatic carbocycles. The van der Waals surface area contributed by atoms with Crippen LogP contribution in [-0.2, 0) is 11.2 Å². The molecule has 3 N–H and O–H groups in total. The van der Waals surface area contributed by atoms with Gasteiger partial charge in [-0.3, -0.25) is 9.79 Å². The number of nitrogens with one attached hydrogen (secondary N) is 3. The smallest absolute Gasteiger partial charge is 0.220 e. The van der Waals surface area contributed by atoms with Gasteiger partial charge in [0, 0.05) is 37.6 Å². The Morgan fingerprint density at radius 1 is 1.30 bits per heavy atom. The van der Waals surface area contributed by atoms with Crippen molar-refractivity contribution in [3.63, 3.8) is 0 Å². The number of hydrogen-bond donors (Lipinski definition) is 3. The van der Waals surface area contributed by atoms with Gasteiger partial charge in [0.15, 0.2) is 5.96 Å². The van der Waals surface area contributed by atoms with Crippen molar-refractivity contribution in [2.75, 3.05) is 20.1 Å². The summed E-state index contributed by atoms with van der Waals surface area (Å²) in [6, 6.07) is 8.44. The average Bonchev–Trinajstić information content (AvgIpc) is 3.37. The Balaban J connectivity index is 0.00000364. The molecule has 1 aromatic rings. The van der Waals surface area contributed by atoms with Crippen LogP contribution in [0.25, 0.3) is 0 Å². The first-order chi connectivity index (χ1) is 12.4. The van der Waals surface area contributed by atoms with Gasteiger partial charge in [0.2, 0.25) is 5.91 Å². The summed E-state index contributed by atoms with van der Waals surface area (Å²) in [6.45, 7) is 5.96. The summed E-state index contributed by atoms with van der Waals surface area (Å²) in [6.07, 6.45) is 4.54. The Morgan fingerprint density at radius 3 is 2.67 bits per heavy atom. The molecule has 0 aromatic heterocycles. The number of aliphatic imine (C=N–C) groups is 1. The van der Waals surface area contributed by atoms with E-state index < -0.39 is 0 Å². The third-order valence-corrected chi connectivity index (χ3v) is 4.58. The highest BCUT2D eigenvalue weighted by Gasteiger charge is 2.22. The maximum atomic E-state index is 11.7. The molecule has 7 heteroatoms. The van der Waals surface area contributed by atoms with E-state index in [2.05, 4.69) is 40.9 Å². The molecule has 152 valence electrons. The lowest BCUT2D eigenvalue weighted by atomic mass is 9.86. The monoisotopic (exact) mass is 506 g/mol. The van der Waals surface area contributed by atoms with E-state index in [1.165, 1.54) is 5.56 Å². The molecule has 1 aliphatic rings. The molecular weight excluding hydrogens is 475 g/mol. The minimum atomic E-state index is 0. The SMILES string of the molecule is CN=C(NCCCC(=O)NC1CC1)NCC(C)(C)Cc1cccc(Cl)c1.I. The van der Waals surface area contributed by atoms with E-state index in [1.54, 1.807) is 7.05 Å². The number of nitrogens with zero attached hydrogens (tertiary/aromatic N) is 1. The molecule has 1 aromatic carbocycles. The van der Waals surface area contributed by atoms with Gasteiger partial charge in [-0.1, -0.05) is 37.6 Å². The predicted octanol–water partition coefficient (Wildman–Crippen LogP) is 3.75. The van der Waals surface area contributed by atoms with Crippen LogP contribution >= 0.6 is 35.6 Å². The molecule has 0 saturated heterocycles. The maximum Gasteiger partial charge on any atom is 0.220 e. The van der Waals surface area contributed by atoms with Crippen molar-refractivity contribution in [2.45, 2.75) is 52.0 Å². The Kier molecular flexibility index (Phi) is 10.4. The predicted molar refractivity (Wildman–Crippen MR) is 124 cm³/mol. The largest absolute Gasteiger partial charge is 0.356 e. The van der Waals surface area contributed by atoms with Crippen molar-refractivity contribution < 1.29 is 4.79 Å². The van der Waals surface area contributed by atoms with Crippen molar-refractivity contribution in [3.8, 4) is 0 Å². The Bertz CT molecular complexity index is 632. The van der Waals surface area contributed by atoms with E-state index in [1.807, 2.05) is 18.2 Å². The zero-order chi connectivity index (χ0) is 19.0. The number of carbonyl (C=O) groups excluding carboxylic acids is 1. The van der Waals surface area contributed by atoms with Gasteiger partial charge in [0.25, 0.3) is 0 Å². The third-order valence-electron chi connectivity index (χ3n) is 4.35. The second-order valence-corrected chi connectivity index (χ2v) is 8.21. The molecular formula is C20H32ClIN4O. The van der Waals surface area contributed by atoms with Gasteiger partial charge >= 0.3 is 0 Å². The van der Waals surface area contributed by atoms with Gasteiger partial charge in [-0.2, -0.15) is 0 Å². The molecule has 0 atom stereocenters. The van der Waals surface area contributed by atoms with Crippen molar-refractivity contribution in [1.29, 1.82) is 0 Å². The van der Waals surface area contributed by atoms with Crippen molar-refractivity contribution in [1.82, 2.24) is 16.0 Å². The topological polar surface area (TPSA) is 65.5 Å². The molecule has 0 aliphatic heterocycles. The van der Waals surface area contributed by atoms with Crippen LogP contribution < -0.4 is 16.0 Å². The molecule has 5 nitrogen and oxygen atoms in total. The molecule has 0 radical (unpaired) electrons. The van der Waals surface area contributed by atoms with Crippen molar-refractivity contribution >= 4 is 47.4 Å². The summed E-state index contributed by atoms with van der Waals surface area (Å²) < 4.78 is 0. The van der Waals surface area contributed by atoms with Gasteiger partial charge in [-0.25, -0.2) is 0 Å². The lowest BCUT2D eigenvalue weighted by molar-refractivity contribution is -0.121. The lowest BCUT2D eigenvalue weighted by Gasteiger charge is -2.26. The normalized spacial score (nSPS) is 14.3. The standard InChI is InChI=1S/C20H31ClN4O.HI/c1-20(2,13-15-6-4-7-16(21)12-15)14-24-19(22-3)23-11-5-8-18(26)25-17-9-10-17;/h4,6-7,12,17H,5,8-11,13-14H2,1-3H3,(H,25,26)(H2,22,23,24);1H. The number of guanidine groups is 1. The second-order valence-electron chi connectivity index (χ2n) is 7.77. The van der Waals surface area contributed by atoms with Crippen LogP contribution in [-0.4, -0.2) is 38.0 Å². The van der Waals surface area contributed by atoms with Crippen LogP contribution in [0.3, 0.4) is 0 Å². The molecule has 1 saturated carbocycles. The summed E-state index contributed by atoms with van der Waals surface area (Å²) in [5, 5.41) is 10.4. The molecule has 0 heterocycles. The number of amides is 1. The van der Waals surface area contributed by atoms with Crippen LogP contribution in [0, 0.1) is 5.41 Å². The number of rotatable bonds is 9. The minimum Gasteiger partial charge on any atom is -0.356 e. The van der Waals surface area contributed by atoms with E-state index in [0.717, 1.165) is 49.8 Å². The zero-order valence-electron chi connectivity index (χ0n) is 16.5. The molecule has 1 amide bonds. The average molecular weight is 507 g/mol. The van der Waals surface area contributed by atoms with Gasteiger partial charge in [-0.15, -0.1) is 24.0 Å². The Morgan fingerprint density at radius 2 is 2.04 bits per heavy atom. The highest BCUT2D eigenvalue weighted by atomic mass is 127. The van der Waals surface area contributed by atoms with E-state index in [-0.39, 0.29) is 35.3 Å². The number of carbonyl (C=O) groups is 1. The first-order valence-electron chi connectivity index (χ1n) is 9.36. The van der Waals surface area contributed by atoms with E-state index in [9.17, 15) is 4.79 Å². The quantitative estimate of drug-likeness (QED) is 0.207. The van der Waals surface area contributed by atoms with Crippen LogP contribution in [0.15, 0.2) is 29.3 Å². The van der Waals surface area contributed by atoms with E-state index in [0.29, 0.717) is 12.5 Å². The van der Waals surface area contributed by atoms with Crippen molar-refractivity contribution in [2.24, 2.45) is 10.4 Å². The number of hydrogen-bond acceptors (Lipinski definition) is 2. The molecule has 1 fully saturated rings. The lowest BCUT2D eigenvalue weighted by Crippen LogP contribution is -2.43. The molecule has 0 spiro atoms. The van der Waals surface area contributed by atoms with Gasteiger partial charge in [0.05, 0.1) is 0 Å². The minimum absolute atomic E-state index is 0. The fourth-order valence-electron chi connectivity index (χ4n) is 2.79. The van der Waals surface area contributed by atoms with Crippen LogP contribution in [0.1, 0.15) is 45.1 Å². The van der Waals surface area contributed by atoms with Crippen molar-refractivity contribution in [3.05, 3.63) is 34.9 Å². The molecule has 0 unspecified atom stereocenters. The number of benzene rings is 1. The zero-order valence-corrected chi connectivity index (χ0v) is 19.6. The summed E-state index contributed by atoms with van der Waals surface area (Å²) in [5.74, 6) is 0.923. The third kappa shape index (κ3) is 10.2. The highest BCUT2D eigenvalue weighted by Crippen LogP contribution is 2.22. The summed E-state index contributed by atoms with van der Waals surface area (Å²) in [7, 11) is 1.76. The van der Waals surface area contributed by atoms with Crippen LogP contribution in [0.5, 0.6) is 0 Å². The number of halogens is 2. The van der Waals surface area contributed by atoms with Gasteiger partial charge in [-0.05, 0) is 48.8 Å². The van der Waals surface area contributed by atoms with E-state index in [4.69, 9.17) is 11.6 Å². The van der Waals surface area contributed by atoms with E-state index >= 15 is 0 Å². The maximum absolute atomic E-state index is 11.7. The fourth-order valence-corrected chi connectivity index (χ4v) is 3.00. The Hall–Kier alpha value is -1.02. The molecule has 27 heavy (non-hydrogen) atoms. The van der Waals surface area contributed by atoms with Crippen LogP contribution in [0.4, 0.5) is 0 Å². The second kappa shape index (κ2) is 11.7.